The first-order valence-electron chi connectivity index (χ1n) is 4.65. The number of amides is 2. The summed E-state index contributed by atoms with van der Waals surface area (Å²) in [5.74, 6) is -1.12. The number of benzene rings is 1. The standard InChI is InChI=1S/C10H10Cl2N2O3/c1-5(9(15)16)13-10(17)14-6-2-3-7(11)8(12)4-6/h2-5H,1H3,(H,15,16)(H2,13,14,17). The van der Waals surface area contributed by atoms with E-state index in [2.05, 4.69) is 10.6 Å². The zero-order chi connectivity index (χ0) is 13.0. The monoisotopic (exact) mass is 276 g/mol. The van der Waals surface area contributed by atoms with Gasteiger partial charge in [0.2, 0.25) is 0 Å². The minimum absolute atomic E-state index is 0.302. The molecule has 0 radical (unpaired) electrons. The number of aliphatic carboxylic acids is 1. The summed E-state index contributed by atoms with van der Waals surface area (Å²) in [5, 5.41) is 13.9. The Bertz CT molecular complexity index is 451. The average Bonchev–Trinajstić information content (AvgIpc) is 2.23. The van der Waals surface area contributed by atoms with Crippen molar-refractivity contribution in [3.63, 3.8) is 0 Å². The number of carbonyl (C=O) groups is 2. The second-order valence-electron chi connectivity index (χ2n) is 3.29. The molecule has 0 saturated carbocycles. The summed E-state index contributed by atoms with van der Waals surface area (Å²) < 4.78 is 0. The van der Waals surface area contributed by atoms with E-state index in [1.807, 2.05) is 0 Å². The summed E-state index contributed by atoms with van der Waals surface area (Å²) in [6.07, 6.45) is 0. The van der Waals surface area contributed by atoms with Crippen molar-refractivity contribution in [2.24, 2.45) is 0 Å². The van der Waals surface area contributed by atoms with Crippen molar-refractivity contribution in [3.8, 4) is 0 Å². The number of carbonyl (C=O) groups excluding carboxylic acids is 1. The van der Waals surface area contributed by atoms with Gasteiger partial charge in [-0.3, -0.25) is 4.79 Å². The van der Waals surface area contributed by atoms with E-state index in [9.17, 15) is 9.59 Å². The normalized spacial score (nSPS) is 11.7. The van der Waals surface area contributed by atoms with Crippen LogP contribution in [0.15, 0.2) is 18.2 Å². The van der Waals surface area contributed by atoms with E-state index in [0.29, 0.717) is 15.7 Å². The van der Waals surface area contributed by atoms with Crippen LogP contribution in [-0.2, 0) is 4.79 Å². The lowest BCUT2D eigenvalue weighted by Gasteiger charge is -2.11. The second-order valence-corrected chi connectivity index (χ2v) is 4.10. The van der Waals surface area contributed by atoms with Gasteiger partial charge >= 0.3 is 12.0 Å². The number of carboxylic acids is 1. The van der Waals surface area contributed by atoms with Crippen LogP contribution in [0.5, 0.6) is 0 Å². The van der Waals surface area contributed by atoms with E-state index < -0.39 is 18.0 Å². The van der Waals surface area contributed by atoms with Gasteiger partial charge in [-0.15, -0.1) is 0 Å². The third-order valence-corrected chi connectivity index (χ3v) is 2.63. The molecule has 5 nitrogen and oxygen atoms in total. The molecule has 0 aliphatic carbocycles. The van der Waals surface area contributed by atoms with Gasteiger partial charge in [0.05, 0.1) is 10.0 Å². The molecule has 92 valence electrons. The Morgan fingerprint density at radius 3 is 2.47 bits per heavy atom. The Morgan fingerprint density at radius 1 is 1.29 bits per heavy atom. The van der Waals surface area contributed by atoms with Crippen LogP contribution >= 0.6 is 23.2 Å². The lowest BCUT2D eigenvalue weighted by molar-refractivity contribution is -0.138. The number of urea groups is 1. The van der Waals surface area contributed by atoms with Crippen molar-refractivity contribution in [1.82, 2.24) is 5.32 Å². The SMILES string of the molecule is CC(NC(=O)Nc1ccc(Cl)c(Cl)c1)C(=O)O. The molecule has 1 aromatic rings. The van der Waals surface area contributed by atoms with Crippen molar-refractivity contribution < 1.29 is 14.7 Å². The fourth-order valence-corrected chi connectivity index (χ4v) is 1.30. The Labute approximate surface area is 108 Å². The molecule has 17 heavy (non-hydrogen) atoms. The summed E-state index contributed by atoms with van der Waals surface area (Å²) in [4.78, 5) is 21.9. The predicted molar refractivity (Wildman–Crippen MR) is 65.7 cm³/mol. The highest BCUT2D eigenvalue weighted by molar-refractivity contribution is 6.42. The Hall–Kier alpha value is -1.46. The van der Waals surface area contributed by atoms with Crippen molar-refractivity contribution in [2.45, 2.75) is 13.0 Å². The molecule has 1 unspecified atom stereocenters. The topological polar surface area (TPSA) is 78.4 Å². The minimum atomic E-state index is -1.12. The molecule has 0 aromatic heterocycles. The zero-order valence-electron chi connectivity index (χ0n) is 8.83. The third-order valence-electron chi connectivity index (χ3n) is 1.90. The van der Waals surface area contributed by atoms with Gasteiger partial charge < -0.3 is 15.7 Å². The minimum Gasteiger partial charge on any atom is -0.480 e. The first-order valence-corrected chi connectivity index (χ1v) is 5.41. The number of hydrogen-bond donors (Lipinski definition) is 3. The maximum atomic E-state index is 11.4. The van der Waals surface area contributed by atoms with E-state index >= 15 is 0 Å². The number of hydrogen-bond acceptors (Lipinski definition) is 2. The Balaban J connectivity index is 2.62. The maximum absolute atomic E-state index is 11.4. The molecular weight excluding hydrogens is 267 g/mol. The highest BCUT2D eigenvalue weighted by atomic mass is 35.5. The Kier molecular flexibility index (Phi) is 4.60. The summed E-state index contributed by atoms with van der Waals surface area (Å²) in [7, 11) is 0. The molecule has 7 heteroatoms. The van der Waals surface area contributed by atoms with Crippen LogP contribution < -0.4 is 10.6 Å². The molecular formula is C10H10Cl2N2O3. The van der Waals surface area contributed by atoms with E-state index in [-0.39, 0.29) is 0 Å². The average molecular weight is 277 g/mol. The molecule has 0 fully saturated rings. The predicted octanol–water partition coefficient (Wildman–Crippen LogP) is 2.59. The highest BCUT2D eigenvalue weighted by Gasteiger charge is 2.13. The van der Waals surface area contributed by atoms with Crippen LogP contribution in [0, 0.1) is 0 Å². The van der Waals surface area contributed by atoms with Crippen LogP contribution in [0.3, 0.4) is 0 Å². The lowest BCUT2D eigenvalue weighted by atomic mass is 10.3. The quantitative estimate of drug-likeness (QED) is 0.794. The first-order chi connectivity index (χ1) is 7.90. The van der Waals surface area contributed by atoms with Crippen LogP contribution in [0.2, 0.25) is 10.0 Å². The molecule has 2 amide bonds. The van der Waals surface area contributed by atoms with E-state index in [0.717, 1.165) is 0 Å². The molecule has 0 saturated heterocycles. The van der Waals surface area contributed by atoms with Crippen LogP contribution in [0.4, 0.5) is 10.5 Å². The summed E-state index contributed by atoms with van der Waals surface area (Å²) in [5.41, 5.74) is 0.425. The fraction of sp³-hybridized carbons (Fsp3) is 0.200. The number of rotatable bonds is 3. The first kappa shape index (κ1) is 13.6. The van der Waals surface area contributed by atoms with Gasteiger partial charge in [0.15, 0.2) is 0 Å². The van der Waals surface area contributed by atoms with Crippen molar-refractivity contribution in [2.75, 3.05) is 5.32 Å². The molecule has 3 N–H and O–H groups in total. The number of anilines is 1. The second kappa shape index (κ2) is 5.75. The maximum Gasteiger partial charge on any atom is 0.325 e. The third kappa shape index (κ3) is 4.13. The molecule has 1 aromatic carbocycles. The van der Waals surface area contributed by atoms with Gasteiger partial charge in [-0.2, -0.15) is 0 Å². The number of carboxylic acid groups (broad SMARTS) is 1. The van der Waals surface area contributed by atoms with Crippen LogP contribution in [0.25, 0.3) is 0 Å². The molecule has 1 rings (SSSR count). The van der Waals surface area contributed by atoms with E-state index in [1.54, 1.807) is 6.07 Å². The summed E-state index contributed by atoms with van der Waals surface area (Å²) >= 11 is 11.5. The van der Waals surface area contributed by atoms with Crippen molar-refractivity contribution in [1.29, 1.82) is 0 Å². The summed E-state index contributed by atoms with van der Waals surface area (Å²) in [6, 6.07) is 2.95. The smallest absolute Gasteiger partial charge is 0.325 e. The molecule has 0 aliphatic heterocycles. The molecule has 1 atom stereocenters. The Morgan fingerprint density at radius 2 is 1.94 bits per heavy atom. The van der Waals surface area contributed by atoms with Crippen molar-refractivity contribution >= 4 is 40.9 Å². The fourth-order valence-electron chi connectivity index (χ4n) is 0.999. The van der Waals surface area contributed by atoms with Gasteiger partial charge in [-0.25, -0.2) is 4.79 Å². The highest BCUT2D eigenvalue weighted by Crippen LogP contribution is 2.24. The molecule has 0 bridgehead atoms. The number of halogens is 2. The van der Waals surface area contributed by atoms with Crippen LogP contribution in [0.1, 0.15) is 6.92 Å². The van der Waals surface area contributed by atoms with Crippen molar-refractivity contribution in [3.05, 3.63) is 28.2 Å². The largest absolute Gasteiger partial charge is 0.480 e. The zero-order valence-corrected chi connectivity index (χ0v) is 10.3. The van der Waals surface area contributed by atoms with Gasteiger partial charge in [0.25, 0.3) is 0 Å². The van der Waals surface area contributed by atoms with Gasteiger partial charge in [-0.1, -0.05) is 23.2 Å². The van der Waals surface area contributed by atoms with E-state index in [1.165, 1.54) is 19.1 Å². The lowest BCUT2D eigenvalue weighted by Crippen LogP contribution is -2.40. The molecule has 0 spiro atoms. The summed E-state index contributed by atoms with van der Waals surface area (Å²) in [6.45, 7) is 1.36. The molecule has 0 aliphatic rings. The molecule has 0 heterocycles. The van der Waals surface area contributed by atoms with Gasteiger partial charge in [0, 0.05) is 5.69 Å². The van der Waals surface area contributed by atoms with Gasteiger partial charge in [-0.05, 0) is 25.1 Å². The van der Waals surface area contributed by atoms with Crippen LogP contribution in [-0.4, -0.2) is 23.1 Å². The van der Waals surface area contributed by atoms with Gasteiger partial charge in [0.1, 0.15) is 6.04 Å². The number of nitrogens with one attached hydrogen (secondary N) is 2. The van der Waals surface area contributed by atoms with E-state index in [4.69, 9.17) is 28.3 Å².